The van der Waals surface area contributed by atoms with Gasteiger partial charge in [-0.25, -0.2) is 8.42 Å². The van der Waals surface area contributed by atoms with Gasteiger partial charge in [0.15, 0.2) is 0 Å². The molecule has 0 radical (unpaired) electrons. The molecule has 0 aliphatic rings. The Morgan fingerprint density at radius 2 is 1.06 bits per heavy atom. The summed E-state index contributed by atoms with van der Waals surface area (Å²) >= 11 is 7.99. The van der Waals surface area contributed by atoms with E-state index < -0.39 is 18.1 Å². The van der Waals surface area contributed by atoms with Gasteiger partial charge in [-0.2, -0.15) is 0 Å². The van der Waals surface area contributed by atoms with Gasteiger partial charge in [-0.05, 0) is 35.2 Å². The van der Waals surface area contributed by atoms with E-state index in [2.05, 4.69) is 30.7 Å². The van der Waals surface area contributed by atoms with Crippen molar-refractivity contribution in [2.75, 3.05) is 13.2 Å². The number of unbranched alkanes of at least 4 members (excludes halogenated alkanes) is 3. The van der Waals surface area contributed by atoms with Gasteiger partial charge < -0.3 is 21.4 Å². The summed E-state index contributed by atoms with van der Waals surface area (Å²) in [7, 11) is -7.55. The molecule has 0 amide bonds. The molecule has 0 heterocycles. The summed E-state index contributed by atoms with van der Waals surface area (Å²) in [6.45, 7) is 0.0953. The molecule has 0 aromatic rings. The highest BCUT2D eigenvalue weighted by Gasteiger charge is 1.94. The monoisotopic (exact) mass is 344 g/mol. The molecule has 0 aliphatic heterocycles. The third kappa shape index (κ3) is 21.8. The van der Waals surface area contributed by atoms with Crippen molar-refractivity contribution in [1.82, 2.24) is 12.3 Å². The van der Waals surface area contributed by atoms with Crippen molar-refractivity contribution in [3.63, 3.8) is 0 Å². The summed E-state index contributed by atoms with van der Waals surface area (Å²) < 4.78 is 50.2. The maximum absolute atomic E-state index is 10.4. The van der Waals surface area contributed by atoms with Crippen LogP contribution < -0.4 is 12.3 Å². The second-order valence-corrected chi connectivity index (χ2v) is 7.43. The highest BCUT2D eigenvalue weighted by molar-refractivity contribution is 8.27. The molecule has 114 valence electrons. The zero-order valence-electron chi connectivity index (χ0n) is 10.3. The maximum Gasteiger partial charge on any atom is 0.0844 e. The molecule has 18 heavy (non-hydrogen) atoms. The van der Waals surface area contributed by atoms with Gasteiger partial charge in [0.2, 0.25) is 0 Å². The fourth-order valence-electron chi connectivity index (χ4n) is 0.880. The standard InChI is InChI=1S/C6H14O6S4.2H3N/c7-15(8,13)11-5-3-1-2-4-6-12-16(9,10)14;;/h1-6H2,(H,7,8,13)(H,9,10,14);2*1H3. The molecule has 0 bridgehead atoms. The first kappa shape index (κ1) is 23.6. The Balaban J connectivity index is -0.00000112. The average molecular weight is 345 g/mol. The van der Waals surface area contributed by atoms with E-state index in [1.807, 2.05) is 0 Å². The number of rotatable bonds is 9. The summed E-state index contributed by atoms with van der Waals surface area (Å²) in [6, 6.07) is 0. The van der Waals surface area contributed by atoms with Crippen molar-refractivity contribution < 1.29 is 25.9 Å². The maximum atomic E-state index is 10.4. The van der Waals surface area contributed by atoms with Crippen LogP contribution in [0.5, 0.6) is 0 Å². The first-order valence-electron chi connectivity index (χ1n) is 4.41. The minimum Gasteiger partial charge on any atom is -0.748 e. The molecular weight excluding hydrogens is 324 g/mol. The van der Waals surface area contributed by atoms with Gasteiger partial charge in [0.05, 0.1) is 31.3 Å². The third-order valence-corrected chi connectivity index (χ3v) is 2.98. The predicted octanol–water partition coefficient (Wildman–Crippen LogP) is 0.916. The van der Waals surface area contributed by atoms with Crippen LogP contribution in [0.1, 0.15) is 25.7 Å². The minimum absolute atomic E-state index is 0. The first-order chi connectivity index (χ1) is 7.21. The van der Waals surface area contributed by atoms with E-state index in [0.717, 1.165) is 0 Å². The Morgan fingerprint density at radius 1 is 0.778 bits per heavy atom. The molecule has 0 saturated heterocycles. The van der Waals surface area contributed by atoms with Crippen molar-refractivity contribution in [3.05, 3.63) is 0 Å². The summed E-state index contributed by atoms with van der Waals surface area (Å²) in [5, 5.41) is 0. The lowest BCUT2D eigenvalue weighted by Gasteiger charge is -2.11. The van der Waals surface area contributed by atoms with E-state index >= 15 is 0 Å². The zero-order chi connectivity index (χ0) is 12.7. The second kappa shape index (κ2) is 11.3. The lowest BCUT2D eigenvalue weighted by atomic mass is 10.2. The molecule has 0 aliphatic carbocycles. The van der Waals surface area contributed by atoms with Crippen LogP contribution in [0.4, 0.5) is 0 Å². The predicted molar refractivity (Wildman–Crippen MR) is 74.9 cm³/mol. The largest absolute Gasteiger partial charge is 0.748 e. The third-order valence-electron chi connectivity index (χ3n) is 1.49. The summed E-state index contributed by atoms with van der Waals surface area (Å²) in [6.07, 6.45) is 2.48. The molecule has 2 atom stereocenters. The molecule has 8 N–H and O–H groups in total. The minimum atomic E-state index is -3.78. The molecule has 0 spiro atoms. The van der Waals surface area contributed by atoms with E-state index in [9.17, 15) is 17.5 Å². The van der Waals surface area contributed by atoms with Crippen LogP contribution in [0.25, 0.3) is 0 Å². The summed E-state index contributed by atoms with van der Waals surface area (Å²) in [4.78, 5) is 0. The molecule has 0 rings (SSSR count). The lowest BCUT2D eigenvalue weighted by Crippen LogP contribution is -2.05. The fraction of sp³-hybridized carbons (Fsp3) is 1.00. The SMILES string of the molecule is O=S([O-])(=S)OCCCCCCOS(=O)([O-])=S.[NH4+].[NH4+]. The fourth-order valence-corrected chi connectivity index (χ4v) is 1.93. The Bertz CT molecular complexity index is 343. The van der Waals surface area contributed by atoms with Crippen LogP contribution >= 0.6 is 0 Å². The van der Waals surface area contributed by atoms with Gasteiger partial charge in [-0.1, -0.05) is 12.8 Å². The van der Waals surface area contributed by atoms with Gasteiger partial charge in [0.25, 0.3) is 0 Å². The quantitative estimate of drug-likeness (QED) is 0.581. The highest BCUT2D eigenvalue weighted by Crippen LogP contribution is 2.02. The molecule has 0 aromatic heterocycles. The first-order valence-corrected chi connectivity index (χ1v) is 9.08. The van der Waals surface area contributed by atoms with Crippen LogP contribution in [0.15, 0.2) is 0 Å². The van der Waals surface area contributed by atoms with Crippen molar-refractivity contribution >= 4 is 40.5 Å². The van der Waals surface area contributed by atoms with Gasteiger partial charge in [-0.15, -0.1) is 0 Å². The summed E-state index contributed by atoms with van der Waals surface area (Å²) in [5.41, 5.74) is 0. The van der Waals surface area contributed by atoms with Crippen LogP contribution in [0, 0.1) is 0 Å². The van der Waals surface area contributed by atoms with Crippen molar-refractivity contribution in [1.29, 1.82) is 0 Å². The van der Waals surface area contributed by atoms with Crippen LogP contribution in [0.3, 0.4) is 0 Å². The number of hydrogen-bond donors (Lipinski definition) is 2. The van der Waals surface area contributed by atoms with Crippen molar-refractivity contribution in [2.24, 2.45) is 0 Å². The normalized spacial score (nSPS) is 16.8. The van der Waals surface area contributed by atoms with E-state index in [-0.39, 0.29) is 25.5 Å². The summed E-state index contributed by atoms with van der Waals surface area (Å²) in [5.74, 6) is 0. The van der Waals surface area contributed by atoms with Crippen LogP contribution in [-0.2, 0) is 48.8 Å². The van der Waals surface area contributed by atoms with E-state index in [4.69, 9.17) is 0 Å². The lowest BCUT2D eigenvalue weighted by molar-refractivity contribution is 0.274. The molecule has 0 saturated carbocycles. The average Bonchev–Trinajstić information content (AvgIpc) is 2.06. The molecule has 0 fully saturated rings. The van der Waals surface area contributed by atoms with Crippen molar-refractivity contribution in [2.45, 2.75) is 25.7 Å². The Kier molecular flexibility index (Phi) is 14.9. The Hall–Kier alpha value is 0.500. The number of hydrogen-bond acceptors (Lipinski definition) is 8. The molecule has 12 heteroatoms. The zero-order valence-corrected chi connectivity index (χ0v) is 13.6. The van der Waals surface area contributed by atoms with Gasteiger partial charge in [0.1, 0.15) is 0 Å². The molecular formula is C6H20N2O6S4. The topological polar surface area (TPSA) is 172 Å². The number of quaternary nitrogens is 2. The van der Waals surface area contributed by atoms with Crippen LogP contribution in [-0.4, -0.2) is 30.7 Å². The second-order valence-electron chi connectivity index (χ2n) is 2.87. The van der Waals surface area contributed by atoms with Crippen molar-refractivity contribution in [3.8, 4) is 0 Å². The smallest absolute Gasteiger partial charge is 0.0844 e. The van der Waals surface area contributed by atoms with Gasteiger partial charge in [0, 0.05) is 0 Å². The highest BCUT2D eigenvalue weighted by atomic mass is 32.9. The van der Waals surface area contributed by atoms with E-state index in [1.165, 1.54) is 0 Å². The van der Waals surface area contributed by atoms with Gasteiger partial charge in [-0.3, -0.25) is 8.37 Å². The molecule has 2 unspecified atom stereocenters. The Morgan fingerprint density at radius 3 is 1.28 bits per heavy atom. The van der Waals surface area contributed by atoms with E-state index in [1.54, 1.807) is 0 Å². The molecule has 0 aromatic carbocycles. The Labute approximate surface area is 117 Å². The van der Waals surface area contributed by atoms with Gasteiger partial charge >= 0.3 is 0 Å². The van der Waals surface area contributed by atoms with E-state index in [0.29, 0.717) is 25.7 Å². The van der Waals surface area contributed by atoms with Crippen LogP contribution in [0.2, 0.25) is 0 Å². The molecule has 8 nitrogen and oxygen atoms in total.